The number of para-hydroxylation sites is 2. The van der Waals surface area contributed by atoms with E-state index in [1.165, 1.54) is 10.8 Å². The molecule has 0 fully saturated rings. The van der Waals surface area contributed by atoms with Crippen molar-refractivity contribution in [3.8, 4) is 34.0 Å². The molecule has 2 aromatic heterocycles. The normalized spacial score (nSPS) is 12.2. The number of benzene rings is 6. The molecule has 8 aromatic rings. The molecule has 1 aliphatic rings. The van der Waals surface area contributed by atoms with Crippen LogP contribution < -0.4 is 9.47 Å². The van der Waals surface area contributed by atoms with Crippen LogP contribution in [-0.2, 0) is 0 Å². The van der Waals surface area contributed by atoms with Crippen LogP contribution in [0.3, 0.4) is 0 Å². The van der Waals surface area contributed by atoms with Gasteiger partial charge in [0.15, 0.2) is 11.4 Å². The molecule has 6 nitrogen and oxygen atoms in total. The molecule has 0 amide bonds. The zero-order valence-electron chi connectivity index (χ0n) is 23.9. The van der Waals surface area contributed by atoms with Crippen molar-refractivity contribution in [3.63, 3.8) is 0 Å². The smallest absolute Gasteiger partial charge is 0.230 e. The average molecular weight is 579 g/mol. The molecule has 6 heteroatoms. The summed E-state index contributed by atoms with van der Waals surface area (Å²) in [4.78, 5) is 7.32. The number of hydrogen-bond donors (Lipinski definition) is 0. The number of nitrogens with zero attached hydrogens (tertiary/aromatic N) is 4. The number of rotatable bonds is 2. The Balaban J connectivity index is 1.29. The molecule has 45 heavy (non-hydrogen) atoms. The van der Waals surface area contributed by atoms with E-state index in [1.807, 2.05) is 54.6 Å². The molecule has 1 aliphatic heterocycles. The van der Waals surface area contributed by atoms with Crippen molar-refractivity contribution in [2.24, 2.45) is 0 Å². The van der Waals surface area contributed by atoms with Crippen LogP contribution >= 0.6 is 0 Å². The van der Waals surface area contributed by atoms with Crippen molar-refractivity contribution in [1.82, 2.24) is 9.13 Å². The summed E-state index contributed by atoms with van der Waals surface area (Å²) in [6.07, 6.45) is 0. The van der Waals surface area contributed by atoms with Crippen molar-refractivity contribution in [3.05, 3.63) is 144 Å². The van der Waals surface area contributed by atoms with E-state index in [-0.39, 0.29) is 6.79 Å². The molecular formula is C39H22N4O2. The fourth-order valence-electron chi connectivity index (χ4n) is 6.76. The minimum absolute atomic E-state index is 0.113. The highest BCUT2D eigenvalue weighted by Crippen LogP contribution is 2.44. The summed E-state index contributed by atoms with van der Waals surface area (Å²) in [7, 11) is 0. The van der Waals surface area contributed by atoms with Crippen LogP contribution in [0.5, 0.6) is 11.5 Å². The third-order valence-corrected chi connectivity index (χ3v) is 8.73. The summed E-state index contributed by atoms with van der Waals surface area (Å²) in [5.74, 6) is 1.49. The number of aromatic nitrogens is 2. The summed E-state index contributed by atoms with van der Waals surface area (Å²) in [6.45, 7) is 15.3. The first-order valence-electron chi connectivity index (χ1n) is 14.6. The van der Waals surface area contributed by atoms with Gasteiger partial charge in [0.25, 0.3) is 0 Å². The first-order valence-corrected chi connectivity index (χ1v) is 14.6. The van der Waals surface area contributed by atoms with Crippen molar-refractivity contribution >= 4 is 55.0 Å². The lowest BCUT2D eigenvalue weighted by molar-refractivity contribution is 0.125. The van der Waals surface area contributed by atoms with Gasteiger partial charge in [-0.15, -0.1) is 0 Å². The van der Waals surface area contributed by atoms with E-state index < -0.39 is 0 Å². The first-order chi connectivity index (χ1) is 22.2. The van der Waals surface area contributed by atoms with Crippen LogP contribution in [0, 0.1) is 13.1 Å². The Hall–Kier alpha value is -6.50. The van der Waals surface area contributed by atoms with Gasteiger partial charge >= 0.3 is 0 Å². The van der Waals surface area contributed by atoms with Crippen molar-refractivity contribution in [1.29, 1.82) is 0 Å². The third kappa shape index (κ3) is 3.67. The van der Waals surface area contributed by atoms with Gasteiger partial charge in [0, 0.05) is 33.3 Å². The van der Waals surface area contributed by atoms with Gasteiger partial charge < -0.3 is 18.6 Å². The van der Waals surface area contributed by atoms with Gasteiger partial charge in [-0.1, -0.05) is 48.5 Å². The molecule has 3 heterocycles. The molecule has 0 saturated heterocycles. The topological polar surface area (TPSA) is 37.0 Å². The van der Waals surface area contributed by atoms with E-state index in [0.717, 1.165) is 66.8 Å². The molecule has 6 aromatic carbocycles. The zero-order valence-corrected chi connectivity index (χ0v) is 23.9. The second-order valence-corrected chi connectivity index (χ2v) is 11.1. The summed E-state index contributed by atoms with van der Waals surface area (Å²) >= 11 is 0. The van der Waals surface area contributed by atoms with Crippen LogP contribution in [0.1, 0.15) is 0 Å². The summed E-state index contributed by atoms with van der Waals surface area (Å²) < 4.78 is 16.7. The molecule has 210 valence electrons. The highest BCUT2D eigenvalue weighted by molar-refractivity contribution is 6.12. The SMILES string of the molecule is [C-]#[N+]c1ccc2c(c1)c1cc([N+]#[C-])ccc1n2-c1ccc2c(c1)-c1cc(-n3c4ccccc4c4ccccc43)ccc1OCO2. The number of ether oxygens (including phenoxy) is 2. The fraction of sp³-hybridized carbons (Fsp3) is 0.0256. The van der Waals surface area contributed by atoms with E-state index >= 15 is 0 Å². The highest BCUT2D eigenvalue weighted by atomic mass is 16.7. The standard InChI is InChI=1S/C39H22N4O2/c1-40-24-11-15-36-30(19-24)31-20-25(41-2)12-16-37(31)43(36)27-14-18-39-33(22-27)32-21-26(13-17-38(32)44-23-45-39)42-34-9-5-3-7-28(34)29-8-4-6-10-35(29)42/h3-22H,23H2. The molecule has 0 bridgehead atoms. The lowest BCUT2D eigenvalue weighted by Crippen LogP contribution is -2.03. The Morgan fingerprint density at radius 2 is 0.911 bits per heavy atom. The number of fused-ring (bicyclic) bond motifs is 9. The Bertz CT molecular complexity index is 2490. The molecule has 0 N–H and O–H groups in total. The van der Waals surface area contributed by atoms with Gasteiger partial charge in [0.05, 0.1) is 35.2 Å². The van der Waals surface area contributed by atoms with Crippen molar-refractivity contribution in [2.75, 3.05) is 6.79 Å². The molecule has 0 unspecified atom stereocenters. The summed E-state index contributed by atoms with van der Waals surface area (Å²) in [5.41, 5.74) is 9.17. The molecular weight excluding hydrogens is 556 g/mol. The van der Waals surface area contributed by atoms with Gasteiger partial charge in [0.2, 0.25) is 6.79 Å². The largest absolute Gasteiger partial charge is 0.457 e. The van der Waals surface area contributed by atoms with Gasteiger partial charge in [0.1, 0.15) is 11.5 Å². The lowest BCUT2D eigenvalue weighted by Gasteiger charge is -2.15. The molecule has 9 rings (SSSR count). The molecule has 0 atom stereocenters. The minimum Gasteiger partial charge on any atom is -0.457 e. The van der Waals surface area contributed by atoms with Gasteiger partial charge in [-0.3, -0.25) is 0 Å². The van der Waals surface area contributed by atoms with E-state index in [1.54, 1.807) is 0 Å². The van der Waals surface area contributed by atoms with Crippen LogP contribution in [-0.4, -0.2) is 15.9 Å². The van der Waals surface area contributed by atoms with Crippen molar-refractivity contribution in [2.45, 2.75) is 0 Å². The van der Waals surface area contributed by atoms with Gasteiger partial charge in [-0.05, 0) is 83.6 Å². The maximum atomic E-state index is 7.57. The van der Waals surface area contributed by atoms with Crippen LogP contribution in [0.25, 0.3) is 75.8 Å². The first kappa shape index (κ1) is 25.0. The molecule has 0 radical (unpaired) electrons. The molecule has 0 aliphatic carbocycles. The maximum Gasteiger partial charge on any atom is 0.230 e. The summed E-state index contributed by atoms with van der Waals surface area (Å²) in [5, 5.41) is 4.29. The van der Waals surface area contributed by atoms with Crippen molar-refractivity contribution < 1.29 is 9.47 Å². The van der Waals surface area contributed by atoms with E-state index in [2.05, 4.69) is 85.6 Å². The molecule has 0 spiro atoms. The molecule has 0 saturated carbocycles. The Morgan fingerprint density at radius 3 is 1.38 bits per heavy atom. The lowest BCUT2D eigenvalue weighted by atomic mass is 10.0. The maximum absolute atomic E-state index is 7.57. The third-order valence-electron chi connectivity index (χ3n) is 8.73. The van der Waals surface area contributed by atoms with Gasteiger partial charge in [-0.2, -0.15) is 0 Å². The average Bonchev–Trinajstić information content (AvgIpc) is 3.53. The minimum atomic E-state index is 0.113. The Morgan fingerprint density at radius 1 is 0.467 bits per heavy atom. The van der Waals surface area contributed by atoms with E-state index in [9.17, 15) is 0 Å². The van der Waals surface area contributed by atoms with E-state index in [4.69, 9.17) is 22.6 Å². The fourth-order valence-corrected chi connectivity index (χ4v) is 6.76. The predicted octanol–water partition coefficient (Wildman–Crippen LogP) is 10.4. The monoisotopic (exact) mass is 578 g/mol. The van der Waals surface area contributed by atoms with Gasteiger partial charge in [-0.25, -0.2) is 9.69 Å². The van der Waals surface area contributed by atoms with Crippen LogP contribution in [0.4, 0.5) is 11.4 Å². The van der Waals surface area contributed by atoms with E-state index in [0.29, 0.717) is 11.4 Å². The summed E-state index contributed by atoms with van der Waals surface area (Å²) in [6, 6.07) is 40.9. The predicted molar refractivity (Wildman–Crippen MR) is 179 cm³/mol. The van der Waals surface area contributed by atoms with Crippen LogP contribution in [0.15, 0.2) is 121 Å². The Kier molecular flexibility index (Phi) is 5.29. The highest BCUT2D eigenvalue weighted by Gasteiger charge is 2.21. The second kappa shape index (κ2) is 9.50. The number of hydrogen-bond acceptors (Lipinski definition) is 2. The quantitative estimate of drug-likeness (QED) is 0.191. The van der Waals surface area contributed by atoms with Crippen LogP contribution in [0.2, 0.25) is 0 Å². The zero-order chi connectivity index (χ0) is 30.1. The Labute approximate surface area is 258 Å². The second-order valence-electron chi connectivity index (χ2n) is 11.1.